The zero-order valence-corrected chi connectivity index (χ0v) is 14.2. The van der Waals surface area contributed by atoms with Gasteiger partial charge in [-0.15, -0.1) is 0 Å². The van der Waals surface area contributed by atoms with Crippen molar-refractivity contribution in [1.29, 1.82) is 0 Å². The van der Waals surface area contributed by atoms with Crippen LogP contribution in [0.4, 0.5) is 4.39 Å². The molecule has 0 atom stereocenters. The van der Waals surface area contributed by atoms with Crippen molar-refractivity contribution >= 4 is 15.7 Å². The number of rotatable bonds is 8. The molecule has 0 saturated heterocycles. The summed E-state index contributed by atoms with van der Waals surface area (Å²) in [5.74, 6) is 0.544. The van der Waals surface area contributed by atoms with Crippen LogP contribution in [-0.2, 0) is 21.1 Å². The van der Waals surface area contributed by atoms with E-state index in [4.69, 9.17) is 4.42 Å². The molecule has 1 N–H and O–H groups in total. The van der Waals surface area contributed by atoms with Crippen LogP contribution in [0.3, 0.4) is 0 Å². The van der Waals surface area contributed by atoms with Crippen molar-refractivity contribution in [1.82, 2.24) is 5.32 Å². The molecule has 0 aliphatic rings. The second-order valence-corrected chi connectivity index (χ2v) is 7.84. The lowest BCUT2D eigenvalue weighted by atomic mass is 10.1. The van der Waals surface area contributed by atoms with E-state index >= 15 is 0 Å². The highest BCUT2D eigenvalue weighted by Gasteiger charge is 2.10. The van der Waals surface area contributed by atoms with Crippen LogP contribution in [0.15, 0.2) is 40.8 Å². The number of carbonyl (C=O) groups is 1. The van der Waals surface area contributed by atoms with Gasteiger partial charge in [0.1, 0.15) is 27.2 Å². The first-order valence-corrected chi connectivity index (χ1v) is 9.69. The number of amides is 1. The van der Waals surface area contributed by atoms with Crippen LogP contribution < -0.4 is 5.32 Å². The molecule has 0 aliphatic heterocycles. The first-order chi connectivity index (χ1) is 11.3. The fourth-order valence-corrected chi connectivity index (χ4v) is 2.87. The van der Waals surface area contributed by atoms with Crippen molar-refractivity contribution in [2.24, 2.45) is 0 Å². The molecule has 0 bridgehead atoms. The van der Waals surface area contributed by atoms with Gasteiger partial charge >= 0.3 is 0 Å². The molecule has 0 radical (unpaired) electrons. The molecule has 1 aromatic carbocycles. The summed E-state index contributed by atoms with van der Waals surface area (Å²) >= 11 is 0. The number of sulfone groups is 1. The highest BCUT2D eigenvalue weighted by Crippen LogP contribution is 2.25. The highest BCUT2D eigenvalue weighted by atomic mass is 32.2. The normalized spacial score (nSPS) is 11.4. The maximum atomic E-state index is 13.7. The van der Waals surface area contributed by atoms with Gasteiger partial charge in [-0.1, -0.05) is 12.1 Å². The number of aryl methyl sites for hydroxylation is 1. The summed E-state index contributed by atoms with van der Waals surface area (Å²) in [5.41, 5.74) is 0.383. The van der Waals surface area contributed by atoms with Crippen LogP contribution in [0.5, 0.6) is 0 Å². The monoisotopic (exact) mass is 353 g/mol. The van der Waals surface area contributed by atoms with Gasteiger partial charge in [0, 0.05) is 25.6 Å². The number of hydrogen-bond donors (Lipinski definition) is 1. The summed E-state index contributed by atoms with van der Waals surface area (Å²) in [7, 11) is -3.00. The third-order valence-electron chi connectivity index (χ3n) is 3.41. The van der Waals surface area contributed by atoms with Crippen molar-refractivity contribution in [2.75, 3.05) is 18.6 Å². The number of nitrogens with one attached hydrogen (secondary N) is 1. The van der Waals surface area contributed by atoms with Gasteiger partial charge in [-0.3, -0.25) is 4.79 Å². The Hall–Kier alpha value is -2.15. The molecule has 24 heavy (non-hydrogen) atoms. The van der Waals surface area contributed by atoms with Crippen LogP contribution in [0.1, 0.15) is 18.6 Å². The van der Waals surface area contributed by atoms with Crippen molar-refractivity contribution in [3.8, 4) is 11.3 Å². The van der Waals surface area contributed by atoms with E-state index in [2.05, 4.69) is 5.32 Å². The SMILES string of the molecule is CS(=O)(=O)CCCNC(=O)CCc1ccc(-c2ccccc2F)o1. The largest absolute Gasteiger partial charge is 0.461 e. The third-order valence-corrected chi connectivity index (χ3v) is 4.44. The van der Waals surface area contributed by atoms with E-state index in [1.165, 1.54) is 12.3 Å². The molecular weight excluding hydrogens is 333 g/mol. The summed E-state index contributed by atoms with van der Waals surface area (Å²) in [5, 5.41) is 2.67. The van der Waals surface area contributed by atoms with E-state index in [0.29, 0.717) is 36.5 Å². The fraction of sp³-hybridized carbons (Fsp3) is 0.353. The average Bonchev–Trinajstić information content (AvgIpc) is 2.98. The molecule has 0 fully saturated rings. The molecule has 0 spiro atoms. The molecule has 2 rings (SSSR count). The maximum Gasteiger partial charge on any atom is 0.220 e. The Morgan fingerprint density at radius 2 is 1.96 bits per heavy atom. The highest BCUT2D eigenvalue weighted by molar-refractivity contribution is 7.90. The lowest BCUT2D eigenvalue weighted by Crippen LogP contribution is -2.26. The summed E-state index contributed by atoms with van der Waals surface area (Å²) < 4.78 is 41.2. The van der Waals surface area contributed by atoms with E-state index in [1.54, 1.807) is 30.3 Å². The number of carbonyl (C=O) groups excluding carboxylic acids is 1. The molecule has 2 aromatic rings. The maximum absolute atomic E-state index is 13.7. The first-order valence-electron chi connectivity index (χ1n) is 7.63. The van der Waals surface area contributed by atoms with Gasteiger partial charge in [0.15, 0.2) is 0 Å². The van der Waals surface area contributed by atoms with E-state index in [0.717, 1.165) is 0 Å². The van der Waals surface area contributed by atoms with Gasteiger partial charge in [0.05, 0.1) is 11.3 Å². The van der Waals surface area contributed by atoms with Gasteiger partial charge < -0.3 is 9.73 Å². The van der Waals surface area contributed by atoms with E-state index < -0.39 is 9.84 Å². The van der Waals surface area contributed by atoms with Gasteiger partial charge in [-0.05, 0) is 30.7 Å². The Bertz CT molecular complexity index is 798. The van der Waals surface area contributed by atoms with Crippen LogP contribution >= 0.6 is 0 Å². The van der Waals surface area contributed by atoms with E-state index in [9.17, 15) is 17.6 Å². The Morgan fingerprint density at radius 3 is 2.67 bits per heavy atom. The van der Waals surface area contributed by atoms with Crippen molar-refractivity contribution in [3.05, 3.63) is 48.0 Å². The van der Waals surface area contributed by atoms with E-state index in [-0.39, 0.29) is 23.9 Å². The van der Waals surface area contributed by atoms with Crippen molar-refractivity contribution in [2.45, 2.75) is 19.3 Å². The Balaban J connectivity index is 1.79. The second-order valence-electron chi connectivity index (χ2n) is 5.58. The summed E-state index contributed by atoms with van der Waals surface area (Å²) in [4.78, 5) is 11.7. The summed E-state index contributed by atoms with van der Waals surface area (Å²) in [6, 6.07) is 9.73. The molecule has 1 heterocycles. The zero-order valence-electron chi connectivity index (χ0n) is 13.4. The number of benzene rings is 1. The second kappa shape index (κ2) is 8.10. The number of hydrogen-bond acceptors (Lipinski definition) is 4. The number of furan rings is 1. The quantitative estimate of drug-likeness (QED) is 0.740. The van der Waals surface area contributed by atoms with Gasteiger partial charge in [0.25, 0.3) is 0 Å². The molecule has 0 saturated carbocycles. The summed E-state index contributed by atoms with van der Waals surface area (Å²) in [6.45, 7) is 0.324. The first kappa shape index (κ1) is 18.2. The molecular formula is C17H20FNO4S. The predicted octanol–water partition coefficient (Wildman–Crippen LogP) is 2.57. The topological polar surface area (TPSA) is 76.4 Å². The lowest BCUT2D eigenvalue weighted by Gasteiger charge is -2.04. The van der Waals surface area contributed by atoms with Gasteiger partial charge in [-0.25, -0.2) is 12.8 Å². The minimum absolute atomic E-state index is 0.0530. The predicted molar refractivity (Wildman–Crippen MR) is 89.8 cm³/mol. The van der Waals surface area contributed by atoms with Crippen LogP contribution in [0.25, 0.3) is 11.3 Å². The van der Waals surface area contributed by atoms with Crippen molar-refractivity contribution in [3.63, 3.8) is 0 Å². The van der Waals surface area contributed by atoms with Gasteiger partial charge in [0.2, 0.25) is 5.91 Å². The molecule has 0 unspecified atom stereocenters. The minimum atomic E-state index is -3.00. The van der Waals surface area contributed by atoms with Crippen molar-refractivity contribution < 1.29 is 22.0 Å². The molecule has 1 aromatic heterocycles. The Morgan fingerprint density at radius 1 is 1.21 bits per heavy atom. The number of halogens is 1. The Labute approximate surface area is 140 Å². The molecule has 5 nitrogen and oxygen atoms in total. The minimum Gasteiger partial charge on any atom is -0.461 e. The van der Waals surface area contributed by atoms with E-state index in [1.807, 2.05) is 0 Å². The smallest absolute Gasteiger partial charge is 0.220 e. The van der Waals surface area contributed by atoms with Crippen LogP contribution in [-0.4, -0.2) is 32.9 Å². The van der Waals surface area contributed by atoms with Crippen LogP contribution in [0, 0.1) is 5.82 Å². The fourth-order valence-electron chi connectivity index (χ4n) is 2.21. The molecule has 1 amide bonds. The summed E-state index contributed by atoms with van der Waals surface area (Å²) in [6.07, 6.45) is 2.18. The Kier molecular flexibility index (Phi) is 6.14. The molecule has 0 aliphatic carbocycles. The van der Waals surface area contributed by atoms with Gasteiger partial charge in [-0.2, -0.15) is 0 Å². The lowest BCUT2D eigenvalue weighted by molar-refractivity contribution is -0.121. The molecule has 130 valence electrons. The molecule has 7 heteroatoms. The standard InChI is InChI=1S/C17H20FNO4S/c1-24(21,22)12-4-11-19-17(20)10-8-13-7-9-16(23-13)14-5-2-3-6-15(14)18/h2-3,5-7,9H,4,8,10-12H2,1H3,(H,19,20). The zero-order chi connectivity index (χ0) is 17.6. The average molecular weight is 353 g/mol. The van der Waals surface area contributed by atoms with Crippen LogP contribution in [0.2, 0.25) is 0 Å². The third kappa shape index (κ3) is 5.81.